The van der Waals surface area contributed by atoms with E-state index in [0.717, 1.165) is 0 Å². The first-order valence-corrected chi connectivity index (χ1v) is 9.19. The molecule has 0 bridgehead atoms. The molecule has 1 heterocycles. The lowest BCUT2D eigenvalue weighted by Gasteiger charge is -2.08. The maximum atomic E-state index is 13.6. The molecule has 8 heteroatoms. The molecule has 1 amide bonds. The molecule has 2 N–H and O–H groups in total. The Morgan fingerprint density at radius 1 is 1.07 bits per heavy atom. The van der Waals surface area contributed by atoms with E-state index in [1.165, 1.54) is 24.3 Å². The van der Waals surface area contributed by atoms with Crippen LogP contribution in [0, 0.1) is 5.82 Å². The SMILES string of the molecule is O=C(C=Cc1ccc(-c2cccc(Cl)c2Cl)o1)NC(=S)Nc1ccccc1F. The van der Waals surface area contributed by atoms with Crippen molar-refractivity contribution in [2.45, 2.75) is 0 Å². The molecule has 0 aliphatic heterocycles. The number of nitrogens with one attached hydrogen (secondary N) is 2. The Labute approximate surface area is 176 Å². The zero-order valence-electron chi connectivity index (χ0n) is 14.2. The fraction of sp³-hybridized carbons (Fsp3) is 0. The van der Waals surface area contributed by atoms with Crippen molar-refractivity contribution in [2.24, 2.45) is 0 Å². The van der Waals surface area contributed by atoms with Crippen LogP contribution in [0.2, 0.25) is 10.0 Å². The second-order valence-electron chi connectivity index (χ2n) is 5.56. The van der Waals surface area contributed by atoms with Crippen LogP contribution in [0.1, 0.15) is 5.76 Å². The van der Waals surface area contributed by atoms with Gasteiger partial charge in [-0.3, -0.25) is 10.1 Å². The van der Waals surface area contributed by atoms with Crippen molar-refractivity contribution in [1.82, 2.24) is 5.32 Å². The highest BCUT2D eigenvalue weighted by molar-refractivity contribution is 7.80. The number of halogens is 3. The highest BCUT2D eigenvalue weighted by Gasteiger charge is 2.10. The van der Waals surface area contributed by atoms with Gasteiger partial charge in [0.2, 0.25) is 5.91 Å². The molecule has 0 saturated heterocycles. The molecule has 0 spiro atoms. The molecule has 0 saturated carbocycles. The summed E-state index contributed by atoms with van der Waals surface area (Å²) in [6.45, 7) is 0. The maximum absolute atomic E-state index is 13.6. The molecule has 1 aromatic heterocycles. The van der Waals surface area contributed by atoms with Gasteiger partial charge in [-0.1, -0.05) is 41.4 Å². The summed E-state index contributed by atoms with van der Waals surface area (Å²) in [6, 6.07) is 14.6. The lowest BCUT2D eigenvalue weighted by Crippen LogP contribution is -2.33. The van der Waals surface area contributed by atoms with Gasteiger partial charge >= 0.3 is 0 Å². The molecule has 4 nitrogen and oxygen atoms in total. The van der Waals surface area contributed by atoms with Gasteiger partial charge in [0.1, 0.15) is 17.3 Å². The second-order valence-corrected chi connectivity index (χ2v) is 6.75. The van der Waals surface area contributed by atoms with Crippen molar-refractivity contribution < 1.29 is 13.6 Å². The molecule has 28 heavy (non-hydrogen) atoms. The van der Waals surface area contributed by atoms with E-state index in [4.69, 9.17) is 39.8 Å². The fourth-order valence-electron chi connectivity index (χ4n) is 2.31. The monoisotopic (exact) mass is 434 g/mol. The molecule has 0 fully saturated rings. The zero-order valence-corrected chi connectivity index (χ0v) is 16.5. The summed E-state index contributed by atoms with van der Waals surface area (Å²) in [5.41, 5.74) is 0.819. The number of benzene rings is 2. The minimum atomic E-state index is -0.493. The summed E-state index contributed by atoms with van der Waals surface area (Å²) in [7, 11) is 0. The average Bonchev–Trinajstić information content (AvgIpc) is 3.13. The number of amides is 1. The highest BCUT2D eigenvalue weighted by Crippen LogP contribution is 2.34. The Morgan fingerprint density at radius 2 is 1.86 bits per heavy atom. The van der Waals surface area contributed by atoms with Gasteiger partial charge in [-0.15, -0.1) is 0 Å². The maximum Gasteiger partial charge on any atom is 0.250 e. The van der Waals surface area contributed by atoms with Crippen LogP contribution in [0.15, 0.2) is 65.1 Å². The molecule has 0 unspecified atom stereocenters. The summed E-state index contributed by atoms with van der Waals surface area (Å²) in [4.78, 5) is 12.0. The molecule has 3 aromatic rings. The lowest BCUT2D eigenvalue weighted by molar-refractivity contribution is -0.115. The standard InChI is InChI=1S/C20H13Cl2FN2O2S/c21-14-5-3-4-13(19(14)22)17-10-8-12(27-17)9-11-18(26)25-20(28)24-16-7-2-1-6-15(16)23/h1-11H,(H2,24,25,26,28). The van der Waals surface area contributed by atoms with Crippen molar-refractivity contribution in [3.63, 3.8) is 0 Å². The number of rotatable bonds is 4. The largest absolute Gasteiger partial charge is 0.457 e. The van der Waals surface area contributed by atoms with Crippen LogP contribution >= 0.6 is 35.4 Å². The van der Waals surface area contributed by atoms with Gasteiger partial charge in [0.05, 0.1) is 15.7 Å². The first-order valence-electron chi connectivity index (χ1n) is 8.03. The normalized spacial score (nSPS) is 10.8. The van der Waals surface area contributed by atoms with E-state index in [1.54, 1.807) is 42.5 Å². The van der Waals surface area contributed by atoms with Crippen molar-refractivity contribution in [3.05, 3.63) is 82.3 Å². The fourth-order valence-corrected chi connectivity index (χ4v) is 2.91. The van der Waals surface area contributed by atoms with Crippen LogP contribution in [-0.4, -0.2) is 11.0 Å². The molecular formula is C20H13Cl2FN2O2S. The van der Waals surface area contributed by atoms with Gasteiger partial charge in [-0.25, -0.2) is 4.39 Å². The zero-order chi connectivity index (χ0) is 20.1. The number of hydrogen-bond donors (Lipinski definition) is 2. The van der Waals surface area contributed by atoms with Crippen LogP contribution in [-0.2, 0) is 4.79 Å². The Morgan fingerprint density at radius 3 is 2.64 bits per heavy atom. The predicted molar refractivity (Wildman–Crippen MR) is 114 cm³/mol. The van der Waals surface area contributed by atoms with Gasteiger partial charge in [0, 0.05) is 11.6 Å². The van der Waals surface area contributed by atoms with Crippen LogP contribution in [0.5, 0.6) is 0 Å². The van der Waals surface area contributed by atoms with Gasteiger partial charge < -0.3 is 9.73 Å². The van der Waals surface area contributed by atoms with E-state index < -0.39 is 11.7 Å². The van der Waals surface area contributed by atoms with Gasteiger partial charge in [0.15, 0.2) is 5.11 Å². The summed E-state index contributed by atoms with van der Waals surface area (Å²) < 4.78 is 19.2. The van der Waals surface area contributed by atoms with E-state index in [0.29, 0.717) is 27.1 Å². The highest BCUT2D eigenvalue weighted by atomic mass is 35.5. The summed E-state index contributed by atoms with van der Waals surface area (Å²) in [5.74, 6) is -0.0107. The molecule has 142 valence electrons. The predicted octanol–water partition coefficient (Wildman–Crippen LogP) is 5.92. The molecule has 0 aliphatic rings. The molecule has 0 radical (unpaired) electrons. The van der Waals surface area contributed by atoms with E-state index in [1.807, 2.05) is 0 Å². The number of anilines is 1. The second kappa shape index (κ2) is 9.01. The van der Waals surface area contributed by atoms with Crippen LogP contribution in [0.25, 0.3) is 17.4 Å². The minimum absolute atomic E-state index is 0.0226. The number of carbonyl (C=O) groups excluding carboxylic acids is 1. The topological polar surface area (TPSA) is 54.3 Å². The minimum Gasteiger partial charge on any atom is -0.457 e. The molecular weight excluding hydrogens is 422 g/mol. The van der Waals surface area contributed by atoms with Crippen LogP contribution in [0.3, 0.4) is 0 Å². The number of thiocarbonyl (C=S) groups is 1. The molecule has 3 rings (SSSR count). The van der Waals surface area contributed by atoms with Crippen molar-refractivity contribution in [2.75, 3.05) is 5.32 Å². The third-order valence-electron chi connectivity index (χ3n) is 3.60. The molecule has 2 aromatic carbocycles. The van der Waals surface area contributed by atoms with Crippen LogP contribution < -0.4 is 10.6 Å². The van der Waals surface area contributed by atoms with Crippen LogP contribution in [0.4, 0.5) is 10.1 Å². The van der Waals surface area contributed by atoms with E-state index >= 15 is 0 Å². The average molecular weight is 435 g/mol. The van der Waals surface area contributed by atoms with Crippen molar-refractivity contribution in [1.29, 1.82) is 0 Å². The Hall–Kier alpha value is -2.67. The first kappa shape index (κ1) is 20.1. The summed E-state index contributed by atoms with van der Waals surface area (Å²) in [6.07, 6.45) is 2.72. The van der Waals surface area contributed by atoms with Gasteiger partial charge in [-0.2, -0.15) is 0 Å². The Bertz CT molecular complexity index is 1070. The quantitative estimate of drug-likeness (QED) is 0.395. The molecule has 0 aliphatic carbocycles. The van der Waals surface area contributed by atoms with E-state index in [9.17, 15) is 9.18 Å². The summed E-state index contributed by atoms with van der Waals surface area (Å²) >= 11 is 17.2. The smallest absolute Gasteiger partial charge is 0.250 e. The summed E-state index contributed by atoms with van der Waals surface area (Å²) in [5, 5.41) is 5.83. The first-order chi connectivity index (χ1) is 13.4. The third-order valence-corrected chi connectivity index (χ3v) is 4.62. The van der Waals surface area contributed by atoms with Crippen molar-refractivity contribution >= 4 is 58.2 Å². The number of para-hydroxylation sites is 1. The van der Waals surface area contributed by atoms with Gasteiger partial charge in [0.25, 0.3) is 0 Å². The van der Waals surface area contributed by atoms with Crippen molar-refractivity contribution in [3.8, 4) is 11.3 Å². The Balaban J connectivity index is 1.62. The number of hydrogen-bond acceptors (Lipinski definition) is 3. The Kier molecular flexibility index (Phi) is 6.46. The van der Waals surface area contributed by atoms with Gasteiger partial charge in [-0.05, 0) is 54.7 Å². The van der Waals surface area contributed by atoms with E-state index in [2.05, 4.69) is 10.6 Å². The third kappa shape index (κ3) is 4.98. The van der Waals surface area contributed by atoms with E-state index in [-0.39, 0.29) is 10.8 Å². The lowest BCUT2D eigenvalue weighted by atomic mass is 10.2. The number of carbonyl (C=O) groups is 1. The molecule has 0 atom stereocenters. The number of furan rings is 1.